The van der Waals surface area contributed by atoms with Gasteiger partial charge in [0.25, 0.3) is 6.43 Å². The first-order chi connectivity index (χ1) is 6.99. The van der Waals surface area contributed by atoms with Crippen molar-refractivity contribution in [2.75, 3.05) is 7.11 Å². The number of halogens is 3. The molecule has 0 aliphatic heterocycles. The van der Waals surface area contributed by atoms with Crippen LogP contribution in [0.4, 0.5) is 8.78 Å². The molecule has 0 aliphatic carbocycles. The van der Waals surface area contributed by atoms with E-state index in [1.165, 1.54) is 0 Å². The SMILES string of the molecule is COC(=O)c1cnc(Cl)c(O)c1C(F)F. The molecule has 0 saturated heterocycles. The molecule has 0 spiro atoms. The Morgan fingerprint density at radius 2 is 2.27 bits per heavy atom. The zero-order valence-corrected chi connectivity index (χ0v) is 8.26. The molecule has 82 valence electrons. The second-order valence-electron chi connectivity index (χ2n) is 2.52. The average molecular weight is 238 g/mol. The van der Waals surface area contributed by atoms with E-state index in [4.69, 9.17) is 11.6 Å². The van der Waals surface area contributed by atoms with Crippen LogP contribution in [0.2, 0.25) is 5.15 Å². The average Bonchev–Trinajstić information content (AvgIpc) is 2.20. The number of methoxy groups -OCH3 is 1. The summed E-state index contributed by atoms with van der Waals surface area (Å²) in [4.78, 5) is 14.4. The van der Waals surface area contributed by atoms with E-state index in [0.29, 0.717) is 0 Å². The molecule has 0 saturated carbocycles. The summed E-state index contributed by atoms with van der Waals surface area (Å²) >= 11 is 5.33. The van der Waals surface area contributed by atoms with Gasteiger partial charge in [-0.05, 0) is 0 Å². The van der Waals surface area contributed by atoms with Gasteiger partial charge in [0.1, 0.15) is 0 Å². The number of hydrogen-bond acceptors (Lipinski definition) is 4. The van der Waals surface area contributed by atoms with E-state index in [0.717, 1.165) is 13.3 Å². The third kappa shape index (κ3) is 2.15. The second kappa shape index (κ2) is 4.39. The first-order valence-electron chi connectivity index (χ1n) is 3.72. The summed E-state index contributed by atoms with van der Waals surface area (Å²) < 4.78 is 29.3. The van der Waals surface area contributed by atoms with Crippen molar-refractivity contribution in [2.24, 2.45) is 0 Å². The minimum absolute atomic E-state index is 0.488. The fraction of sp³-hybridized carbons (Fsp3) is 0.250. The van der Waals surface area contributed by atoms with E-state index in [1.807, 2.05) is 0 Å². The van der Waals surface area contributed by atoms with Gasteiger partial charge in [-0.1, -0.05) is 11.6 Å². The van der Waals surface area contributed by atoms with Crippen molar-refractivity contribution < 1.29 is 23.4 Å². The lowest BCUT2D eigenvalue weighted by Gasteiger charge is -2.09. The molecule has 1 aromatic rings. The van der Waals surface area contributed by atoms with Crippen LogP contribution in [0.5, 0.6) is 5.75 Å². The van der Waals surface area contributed by atoms with E-state index >= 15 is 0 Å². The molecular weight excluding hydrogens is 232 g/mol. The van der Waals surface area contributed by atoms with Gasteiger partial charge in [0, 0.05) is 6.20 Å². The highest BCUT2D eigenvalue weighted by molar-refractivity contribution is 6.31. The molecule has 0 fully saturated rings. The Labute approximate surface area is 88.4 Å². The zero-order valence-electron chi connectivity index (χ0n) is 7.50. The molecule has 1 aromatic heterocycles. The molecule has 1 rings (SSSR count). The number of ether oxygens (including phenoxy) is 1. The number of pyridine rings is 1. The largest absolute Gasteiger partial charge is 0.504 e. The van der Waals surface area contributed by atoms with Crippen molar-refractivity contribution in [3.05, 3.63) is 22.5 Å². The number of carbonyl (C=O) groups is 1. The van der Waals surface area contributed by atoms with Gasteiger partial charge in [0.05, 0.1) is 18.2 Å². The van der Waals surface area contributed by atoms with Gasteiger partial charge in [0.2, 0.25) is 0 Å². The number of aromatic nitrogens is 1. The van der Waals surface area contributed by atoms with Crippen LogP contribution < -0.4 is 0 Å². The molecular formula is C8H6ClF2NO3. The molecule has 0 aromatic carbocycles. The molecule has 1 heterocycles. The van der Waals surface area contributed by atoms with Crippen LogP contribution in [0.25, 0.3) is 0 Å². The first-order valence-corrected chi connectivity index (χ1v) is 4.10. The molecule has 1 N–H and O–H groups in total. The van der Waals surface area contributed by atoms with Crippen LogP contribution in [-0.4, -0.2) is 23.2 Å². The molecule has 0 amide bonds. The van der Waals surface area contributed by atoms with Crippen molar-refractivity contribution in [1.82, 2.24) is 4.98 Å². The molecule has 0 aliphatic rings. The lowest BCUT2D eigenvalue weighted by Crippen LogP contribution is -2.07. The summed E-state index contributed by atoms with van der Waals surface area (Å²) in [5.41, 5.74) is -1.38. The maximum absolute atomic E-state index is 12.5. The molecule has 0 radical (unpaired) electrons. The lowest BCUT2D eigenvalue weighted by atomic mass is 10.1. The predicted molar refractivity (Wildman–Crippen MR) is 47.2 cm³/mol. The first kappa shape index (κ1) is 11.6. The van der Waals surface area contributed by atoms with E-state index in [9.17, 15) is 18.7 Å². The zero-order chi connectivity index (χ0) is 11.6. The molecule has 0 atom stereocenters. The Morgan fingerprint density at radius 1 is 1.67 bits per heavy atom. The van der Waals surface area contributed by atoms with Crippen LogP contribution in [0, 0.1) is 0 Å². The highest BCUT2D eigenvalue weighted by atomic mass is 35.5. The van der Waals surface area contributed by atoms with Gasteiger partial charge in [-0.15, -0.1) is 0 Å². The van der Waals surface area contributed by atoms with Gasteiger partial charge in [-0.2, -0.15) is 0 Å². The summed E-state index contributed by atoms with van der Waals surface area (Å²) in [6.07, 6.45) is -2.21. The predicted octanol–water partition coefficient (Wildman–Crippen LogP) is 2.16. The minimum Gasteiger partial charge on any atom is -0.504 e. The van der Waals surface area contributed by atoms with Gasteiger partial charge in [-0.25, -0.2) is 18.6 Å². The second-order valence-corrected chi connectivity index (χ2v) is 2.88. The number of nitrogens with zero attached hydrogens (tertiary/aromatic N) is 1. The topological polar surface area (TPSA) is 59.4 Å². The highest BCUT2D eigenvalue weighted by Gasteiger charge is 2.25. The van der Waals surface area contributed by atoms with Gasteiger partial charge in [-0.3, -0.25) is 0 Å². The number of esters is 1. The van der Waals surface area contributed by atoms with Crippen LogP contribution in [0.1, 0.15) is 22.3 Å². The fourth-order valence-corrected chi connectivity index (χ4v) is 1.13. The lowest BCUT2D eigenvalue weighted by molar-refractivity contribution is 0.0587. The van der Waals surface area contributed by atoms with Crippen LogP contribution >= 0.6 is 11.6 Å². The fourth-order valence-electron chi connectivity index (χ4n) is 0.984. The van der Waals surface area contributed by atoms with Gasteiger partial charge in [0.15, 0.2) is 10.9 Å². The van der Waals surface area contributed by atoms with E-state index in [1.54, 1.807) is 0 Å². The number of alkyl halides is 2. The highest BCUT2D eigenvalue weighted by Crippen LogP contribution is 2.35. The molecule has 0 bridgehead atoms. The van der Waals surface area contributed by atoms with Crippen LogP contribution in [0.3, 0.4) is 0 Å². The number of aromatic hydroxyl groups is 1. The van der Waals surface area contributed by atoms with Gasteiger partial charge >= 0.3 is 5.97 Å². The standard InChI is InChI=1S/C8H6ClF2NO3/c1-15-8(14)3-2-12-6(9)5(13)4(3)7(10)11/h2,7,13H,1H3. The molecule has 15 heavy (non-hydrogen) atoms. The quantitative estimate of drug-likeness (QED) is 0.633. The summed E-state index contributed by atoms with van der Waals surface area (Å²) in [6.45, 7) is 0. The maximum Gasteiger partial charge on any atom is 0.340 e. The smallest absolute Gasteiger partial charge is 0.340 e. The van der Waals surface area contributed by atoms with Crippen LogP contribution in [-0.2, 0) is 4.74 Å². The number of carbonyl (C=O) groups excluding carboxylic acids is 1. The van der Waals surface area contributed by atoms with E-state index in [-0.39, 0.29) is 0 Å². The Kier molecular flexibility index (Phi) is 3.41. The minimum atomic E-state index is -3.04. The maximum atomic E-state index is 12.5. The third-order valence-corrected chi connectivity index (χ3v) is 1.95. The summed E-state index contributed by atoms with van der Waals surface area (Å²) in [5.74, 6) is -1.92. The van der Waals surface area contributed by atoms with Crippen molar-refractivity contribution in [3.63, 3.8) is 0 Å². The summed E-state index contributed by atoms with van der Waals surface area (Å²) in [5, 5.41) is 8.72. The summed E-state index contributed by atoms with van der Waals surface area (Å²) in [6, 6.07) is 0. The molecule has 4 nitrogen and oxygen atoms in total. The Morgan fingerprint density at radius 3 is 2.73 bits per heavy atom. The van der Waals surface area contributed by atoms with Crippen molar-refractivity contribution >= 4 is 17.6 Å². The Bertz CT molecular complexity index is 398. The normalized spacial score (nSPS) is 10.5. The Balaban J connectivity index is 3.40. The van der Waals surface area contributed by atoms with Crippen molar-refractivity contribution in [3.8, 4) is 5.75 Å². The van der Waals surface area contributed by atoms with Crippen LogP contribution in [0.15, 0.2) is 6.20 Å². The van der Waals surface area contributed by atoms with Gasteiger partial charge < -0.3 is 9.84 Å². The van der Waals surface area contributed by atoms with Crippen molar-refractivity contribution in [1.29, 1.82) is 0 Å². The summed E-state index contributed by atoms with van der Waals surface area (Å²) in [7, 11) is 1.03. The van der Waals surface area contributed by atoms with E-state index in [2.05, 4.69) is 9.72 Å². The van der Waals surface area contributed by atoms with Crippen molar-refractivity contribution in [2.45, 2.75) is 6.43 Å². The Hall–Kier alpha value is -1.43. The third-order valence-electron chi connectivity index (χ3n) is 1.67. The molecule has 7 heteroatoms. The molecule has 0 unspecified atom stereocenters. The monoisotopic (exact) mass is 237 g/mol. The number of rotatable bonds is 2. The number of hydrogen-bond donors (Lipinski definition) is 1. The van der Waals surface area contributed by atoms with E-state index < -0.39 is 34.4 Å².